The van der Waals surface area contributed by atoms with Gasteiger partial charge in [-0.25, -0.2) is 0 Å². The van der Waals surface area contributed by atoms with Crippen molar-refractivity contribution in [3.05, 3.63) is 35.9 Å². The standard InChI is InChI=1S/C15H21NO6S2/c1-15(2)10-12(11-24(20,21)22)13-6-3-4-7-14(13)16(15)8-5-9-23(17,18)19/h3-4,6-7,10H,5,8-9,11H2,1-2H3,(H,17,18,19)(H,20,21,22). The summed E-state index contributed by atoms with van der Waals surface area (Å²) in [6, 6.07) is 7.16. The Kier molecular flexibility index (Phi) is 5.10. The van der Waals surface area contributed by atoms with Crippen molar-refractivity contribution in [2.24, 2.45) is 0 Å². The lowest BCUT2D eigenvalue weighted by Crippen LogP contribution is -2.46. The van der Waals surface area contributed by atoms with Gasteiger partial charge in [-0.15, -0.1) is 0 Å². The van der Waals surface area contributed by atoms with E-state index in [4.69, 9.17) is 4.55 Å². The summed E-state index contributed by atoms with van der Waals surface area (Å²) < 4.78 is 62.5. The van der Waals surface area contributed by atoms with E-state index in [0.717, 1.165) is 5.69 Å². The molecule has 0 unspecified atom stereocenters. The fourth-order valence-electron chi connectivity index (χ4n) is 3.00. The Morgan fingerprint density at radius 1 is 1.04 bits per heavy atom. The molecule has 1 aliphatic rings. The van der Waals surface area contributed by atoms with Crippen molar-refractivity contribution in [3.63, 3.8) is 0 Å². The second-order valence-electron chi connectivity index (χ2n) is 6.36. The second kappa shape index (κ2) is 6.47. The molecule has 2 N–H and O–H groups in total. The van der Waals surface area contributed by atoms with Gasteiger partial charge in [-0.3, -0.25) is 9.11 Å². The number of benzene rings is 1. The summed E-state index contributed by atoms with van der Waals surface area (Å²) in [6.07, 6.45) is 1.99. The molecular weight excluding hydrogens is 354 g/mol. The van der Waals surface area contributed by atoms with E-state index in [1.165, 1.54) is 0 Å². The lowest BCUT2D eigenvalue weighted by atomic mass is 9.88. The highest BCUT2D eigenvalue weighted by Gasteiger charge is 2.33. The molecule has 1 aliphatic heterocycles. The Hall–Kier alpha value is -1.42. The van der Waals surface area contributed by atoms with Gasteiger partial charge in [0.25, 0.3) is 20.2 Å². The first-order chi connectivity index (χ1) is 10.9. The predicted molar refractivity (Wildman–Crippen MR) is 93.3 cm³/mol. The molecule has 0 fully saturated rings. The van der Waals surface area contributed by atoms with Crippen LogP contribution in [0.5, 0.6) is 0 Å². The van der Waals surface area contributed by atoms with Gasteiger partial charge >= 0.3 is 0 Å². The van der Waals surface area contributed by atoms with Crippen LogP contribution < -0.4 is 4.90 Å². The van der Waals surface area contributed by atoms with Crippen LogP contribution in [0.3, 0.4) is 0 Å². The van der Waals surface area contributed by atoms with Gasteiger partial charge in [-0.05, 0) is 31.9 Å². The fourth-order valence-corrected chi connectivity index (χ4v) is 4.13. The molecule has 7 nitrogen and oxygen atoms in total. The molecular formula is C15H21NO6S2. The molecule has 1 aromatic rings. The van der Waals surface area contributed by atoms with E-state index in [1.807, 2.05) is 24.8 Å². The normalized spacial score (nSPS) is 17.3. The molecule has 0 atom stereocenters. The second-order valence-corrected chi connectivity index (χ2v) is 9.38. The van der Waals surface area contributed by atoms with Gasteiger partial charge in [0.1, 0.15) is 5.75 Å². The van der Waals surface area contributed by atoms with Crippen molar-refractivity contribution in [2.45, 2.75) is 25.8 Å². The third-order valence-corrected chi connectivity index (χ3v) is 5.37. The predicted octanol–water partition coefficient (Wildman–Crippen LogP) is 1.83. The summed E-state index contributed by atoms with van der Waals surface area (Å²) in [5.74, 6) is -0.824. The lowest BCUT2D eigenvalue weighted by Gasteiger charge is -2.43. The largest absolute Gasteiger partial charge is 0.362 e. The van der Waals surface area contributed by atoms with Crippen LogP contribution in [-0.4, -0.2) is 49.5 Å². The van der Waals surface area contributed by atoms with E-state index < -0.39 is 31.5 Å². The minimum atomic E-state index is -4.17. The summed E-state index contributed by atoms with van der Waals surface area (Å²) in [5.41, 5.74) is 1.37. The number of hydrogen-bond donors (Lipinski definition) is 2. The Labute approximate surface area is 142 Å². The molecule has 2 rings (SSSR count). The Balaban J connectivity index is 2.38. The molecule has 1 aromatic carbocycles. The summed E-state index contributed by atoms with van der Waals surface area (Å²) in [5, 5.41) is 0. The molecule has 9 heteroatoms. The Morgan fingerprint density at radius 2 is 1.67 bits per heavy atom. The van der Waals surface area contributed by atoms with Gasteiger partial charge in [-0.1, -0.05) is 24.3 Å². The third-order valence-electron chi connectivity index (χ3n) is 3.89. The Morgan fingerprint density at radius 3 is 2.25 bits per heavy atom. The molecule has 0 saturated carbocycles. The molecule has 0 amide bonds. The molecule has 24 heavy (non-hydrogen) atoms. The average molecular weight is 375 g/mol. The van der Waals surface area contributed by atoms with E-state index >= 15 is 0 Å². The fraction of sp³-hybridized carbons (Fsp3) is 0.467. The topological polar surface area (TPSA) is 112 Å². The first-order valence-corrected chi connectivity index (χ1v) is 10.6. The first kappa shape index (κ1) is 18.9. The van der Waals surface area contributed by atoms with Crippen LogP contribution in [0.15, 0.2) is 30.3 Å². The van der Waals surface area contributed by atoms with E-state index in [2.05, 4.69) is 0 Å². The molecule has 0 radical (unpaired) electrons. The summed E-state index contributed by atoms with van der Waals surface area (Å²) in [7, 11) is -8.20. The maximum absolute atomic E-state index is 11.3. The van der Waals surface area contributed by atoms with Gasteiger partial charge in [-0.2, -0.15) is 16.8 Å². The average Bonchev–Trinajstić information content (AvgIpc) is 2.39. The highest BCUT2D eigenvalue weighted by molar-refractivity contribution is 7.86. The molecule has 0 aromatic heterocycles. The summed E-state index contributed by atoms with van der Waals surface area (Å²) in [4.78, 5) is 1.96. The van der Waals surface area contributed by atoms with Crippen LogP contribution in [0.4, 0.5) is 5.69 Å². The number of fused-ring (bicyclic) bond motifs is 1. The van der Waals surface area contributed by atoms with Crippen LogP contribution in [0, 0.1) is 0 Å². The highest BCUT2D eigenvalue weighted by Crippen LogP contribution is 2.39. The quantitative estimate of drug-likeness (QED) is 0.730. The zero-order valence-electron chi connectivity index (χ0n) is 13.5. The Bertz CT molecular complexity index is 856. The molecule has 0 saturated heterocycles. The van der Waals surface area contributed by atoms with Crippen molar-refractivity contribution in [1.29, 1.82) is 0 Å². The van der Waals surface area contributed by atoms with E-state index in [-0.39, 0.29) is 12.2 Å². The summed E-state index contributed by atoms with van der Waals surface area (Å²) >= 11 is 0. The zero-order chi connectivity index (χ0) is 18.2. The third kappa shape index (κ3) is 4.79. The summed E-state index contributed by atoms with van der Waals surface area (Å²) in [6.45, 7) is 4.13. The van der Waals surface area contributed by atoms with Crippen molar-refractivity contribution in [1.82, 2.24) is 0 Å². The van der Waals surface area contributed by atoms with Crippen LogP contribution >= 0.6 is 0 Å². The van der Waals surface area contributed by atoms with Crippen LogP contribution in [0.1, 0.15) is 25.8 Å². The molecule has 0 aliphatic carbocycles. The van der Waals surface area contributed by atoms with E-state index in [1.54, 1.807) is 24.3 Å². The van der Waals surface area contributed by atoms with Crippen LogP contribution in [0.25, 0.3) is 5.57 Å². The van der Waals surface area contributed by atoms with Crippen LogP contribution in [-0.2, 0) is 20.2 Å². The number of hydrogen-bond acceptors (Lipinski definition) is 5. The number of rotatable bonds is 6. The van der Waals surface area contributed by atoms with Crippen molar-refractivity contribution < 1.29 is 25.9 Å². The first-order valence-electron chi connectivity index (χ1n) is 7.38. The van der Waals surface area contributed by atoms with Gasteiger partial charge in [0.15, 0.2) is 0 Å². The minimum absolute atomic E-state index is 0.234. The molecule has 1 heterocycles. The van der Waals surface area contributed by atoms with Gasteiger partial charge in [0.2, 0.25) is 0 Å². The molecule has 134 valence electrons. The maximum atomic E-state index is 11.3. The maximum Gasteiger partial charge on any atom is 0.269 e. The number of para-hydroxylation sites is 1. The van der Waals surface area contributed by atoms with E-state index in [9.17, 15) is 21.4 Å². The monoisotopic (exact) mass is 375 g/mol. The van der Waals surface area contributed by atoms with Gasteiger partial charge < -0.3 is 4.90 Å². The van der Waals surface area contributed by atoms with Gasteiger partial charge in [0, 0.05) is 17.8 Å². The van der Waals surface area contributed by atoms with Gasteiger partial charge in [0.05, 0.1) is 11.3 Å². The lowest BCUT2D eigenvalue weighted by molar-refractivity contribution is 0.476. The van der Waals surface area contributed by atoms with Crippen molar-refractivity contribution >= 4 is 31.5 Å². The smallest absolute Gasteiger partial charge is 0.269 e. The SMILES string of the molecule is CC1(C)C=C(CS(=O)(=O)O)c2ccccc2N1CCCS(=O)(=O)O. The number of nitrogens with zero attached hydrogens (tertiary/aromatic N) is 1. The zero-order valence-corrected chi connectivity index (χ0v) is 15.1. The van der Waals surface area contributed by atoms with Crippen LogP contribution in [0.2, 0.25) is 0 Å². The van der Waals surface area contributed by atoms with Crippen molar-refractivity contribution in [3.8, 4) is 0 Å². The van der Waals surface area contributed by atoms with Crippen molar-refractivity contribution in [2.75, 3.05) is 23.0 Å². The molecule has 0 bridgehead atoms. The molecule has 0 spiro atoms. The highest BCUT2D eigenvalue weighted by atomic mass is 32.2. The van der Waals surface area contributed by atoms with E-state index in [0.29, 0.717) is 17.7 Å². The minimum Gasteiger partial charge on any atom is -0.362 e. The number of anilines is 1.